The molecule has 0 unspecified atom stereocenters. The Hall–Kier alpha value is -1.57. The molecule has 0 saturated heterocycles. The van der Waals surface area contributed by atoms with Crippen LogP contribution in [-0.4, -0.2) is 31.2 Å². The molecule has 0 spiro atoms. The molecule has 0 radical (unpaired) electrons. The Labute approximate surface area is 98.6 Å². The molecule has 0 atom stereocenters. The average Bonchev–Trinajstić information content (AvgIpc) is 2.61. The fourth-order valence-electron chi connectivity index (χ4n) is 0.980. The van der Waals surface area contributed by atoms with E-state index < -0.39 is 0 Å². The van der Waals surface area contributed by atoms with E-state index in [4.69, 9.17) is 12.2 Å². The van der Waals surface area contributed by atoms with Crippen LogP contribution in [0.3, 0.4) is 0 Å². The van der Waals surface area contributed by atoms with Crippen molar-refractivity contribution in [2.24, 2.45) is 0 Å². The van der Waals surface area contributed by atoms with Crippen molar-refractivity contribution in [2.75, 3.05) is 5.32 Å². The van der Waals surface area contributed by atoms with Crippen molar-refractivity contribution in [3.8, 4) is 0 Å². The lowest BCUT2D eigenvalue weighted by atomic mass is 10.3. The molecule has 0 aliphatic carbocycles. The minimum Gasteiger partial charge on any atom is -0.303 e. The molecule has 8 heteroatoms. The number of anilines is 1. The van der Waals surface area contributed by atoms with Crippen LogP contribution in [0.2, 0.25) is 0 Å². The quantitative estimate of drug-likeness (QED) is 0.739. The van der Waals surface area contributed by atoms with Gasteiger partial charge in [-0.1, -0.05) is 18.4 Å². The van der Waals surface area contributed by atoms with Gasteiger partial charge in [-0.3, -0.25) is 10.1 Å². The predicted octanol–water partition coefficient (Wildman–Crippen LogP) is 0.306. The minimum atomic E-state index is -0.240. The zero-order valence-electron chi connectivity index (χ0n) is 9.23. The third-order valence-corrected chi connectivity index (χ3v) is 1.88. The number of carbonyl (C=O) groups is 1. The Morgan fingerprint density at radius 2 is 2.31 bits per heavy atom. The molecule has 0 aromatic carbocycles. The highest BCUT2D eigenvalue weighted by Crippen LogP contribution is 1.96. The number of amides is 1. The molecule has 7 nitrogen and oxygen atoms in total. The number of nitrogens with zero attached hydrogens (tertiary/aromatic N) is 4. The highest BCUT2D eigenvalue weighted by Gasteiger charge is 2.05. The second kappa shape index (κ2) is 6.11. The molecule has 1 aromatic rings. The summed E-state index contributed by atoms with van der Waals surface area (Å²) in [6, 6.07) is 0. The maximum atomic E-state index is 10.7. The SMILES string of the molecule is CCCCn1nnc(NC(=S)NC(C)=O)n1. The molecule has 2 N–H and O–H groups in total. The summed E-state index contributed by atoms with van der Waals surface area (Å²) in [5.41, 5.74) is 0. The van der Waals surface area contributed by atoms with E-state index in [1.54, 1.807) is 0 Å². The van der Waals surface area contributed by atoms with Gasteiger partial charge in [-0.25, -0.2) is 0 Å². The van der Waals surface area contributed by atoms with Crippen molar-refractivity contribution >= 4 is 29.2 Å². The highest BCUT2D eigenvalue weighted by atomic mass is 32.1. The molecule has 0 aliphatic heterocycles. The molecule has 0 saturated carbocycles. The maximum Gasteiger partial charge on any atom is 0.269 e. The molecule has 0 fully saturated rings. The first kappa shape index (κ1) is 12.5. The van der Waals surface area contributed by atoms with Gasteiger partial charge in [0.05, 0.1) is 6.54 Å². The van der Waals surface area contributed by atoms with Crippen molar-refractivity contribution in [3.63, 3.8) is 0 Å². The number of hydrogen-bond acceptors (Lipinski definition) is 5. The molecule has 0 aliphatic rings. The van der Waals surface area contributed by atoms with Crippen LogP contribution < -0.4 is 10.6 Å². The van der Waals surface area contributed by atoms with E-state index in [9.17, 15) is 4.79 Å². The van der Waals surface area contributed by atoms with Gasteiger partial charge in [-0.15, -0.1) is 5.10 Å². The molecular formula is C8H14N6OS. The standard InChI is InChI=1S/C8H14N6OS/c1-3-4-5-14-12-7(11-13-14)10-8(16)9-6(2)15/h3-5H2,1-2H3,(H2,9,10,12,15,16). The fourth-order valence-corrected chi connectivity index (χ4v) is 1.22. The summed E-state index contributed by atoms with van der Waals surface area (Å²) in [6.45, 7) is 4.18. The van der Waals surface area contributed by atoms with Crippen LogP contribution in [0.4, 0.5) is 5.95 Å². The third kappa shape index (κ3) is 4.30. The van der Waals surface area contributed by atoms with Crippen LogP contribution in [0.15, 0.2) is 0 Å². The third-order valence-electron chi connectivity index (χ3n) is 1.68. The van der Waals surface area contributed by atoms with Crippen molar-refractivity contribution < 1.29 is 4.79 Å². The Balaban J connectivity index is 2.45. The first-order chi connectivity index (χ1) is 7.61. The van der Waals surface area contributed by atoms with Gasteiger partial charge < -0.3 is 5.32 Å². The lowest BCUT2D eigenvalue weighted by Crippen LogP contribution is -2.32. The van der Waals surface area contributed by atoms with E-state index in [0.29, 0.717) is 0 Å². The lowest BCUT2D eigenvalue weighted by molar-refractivity contribution is -0.117. The first-order valence-corrected chi connectivity index (χ1v) is 5.39. The van der Waals surface area contributed by atoms with E-state index in [0.717, 1.165) is 19.4 Å². The summed E-state index contributed by atoms with van der Waals surface area (Å²) in [5, 5.41) is 16.9. The summed E-state index contributed by atoms with van der Waals surface area (Å²) in [6.07, 6.45) is 2.06. The topological polar surface area (TPSA) is 84.7 Å². The van der Waals surface area contributed by atoms with E-state index in [2.05, 4.69) is 33.0 Å². The molecule has 88 valence electrons. The number of aromatic nitrogens is 4. The number of nitrogens with one attached hydrogen (secondary N) is 2. The van der Waals surface area contributed by atoms with E-state index >= 15 is 0 Å². The Kier molecular flexibility index (Phi) is 4.77. The van der Waals surface area contributed by atoms with Crippen LogP contribution in [0.1, 0.15) is 26.7 Å². The molecule has 1 aromatic heterocycles. The highest BCUT2D eigenvalue weighted by molar-refractivity contribution is 7.80. The minimum absolute atomic E-state index is 0.169. The van der Waals surface area contributed by atoms with Gasteiger partial charge in [-0.05, 0) is 23.9 Å². The summed E-state index contributed by atoms with van der Waals surface area (Å²) >= 11 is 4.85. The molecule has 1 heterocycles. The van der Waals surface area contributed by atoms with Crippen LogP contribution in [0.25, 0.3) is 0 Å². The molecular weight excluding hydrogens is 228 g/mol. The number of aryl methyl sites for hydroxylation is 1. The summed E-state index contributed by atoms with van der Waals surface area (Å²) < 4.78 is 0. The molecule has 1 rings (SSSR count). The number of carbonyl (C=O) groups excluding carboxylic acids is 1. The molecule has 16 heavy (non-hydrogen) atoms. The molecule has 1 amide bonds. The second-order valence-corrected chi connectivity index (χ2v) is 3.61. The van der Waals surface area contributed by atoms with E-state index in [1.807, 2.05) is 0 Å². The first-order valence-electron chi connectivity index (χ1n) is 4.98. The zero-order valence-corrected chi connectivity index (χ0v) is 10.0. The van der Waals surface area contributed by atoms with Crippen LogP contribution in [-0.2, 0) is 11.3 Å². The van der Waals surface area contributed by atoms with Crippen molar-refractivity contribution in [2.45, 2.75) is 33.2 Å². The Morgan fingerprint density at radius 1 is 1.56 bits per heavy atom. The van der Waals surface area contributed by atoms with Gasteiger partial charge in [0.25, 0.3) is 5.95 Å². The normalized spacial score (nSPS) is 9.88. The Morgan fingerprint density at radius 3 is 2.94 bits per heavy atom. The largest absolute Gasteiger partial charge is 0.303 e. The maximum absolute atomic E-state index is 10.7. The van der Waals surface area contributed by atoms with Gasteiger partial charge in [0.1, 0.15) is 0 Å². The van der Waals surface area contributed by atoms with Crippen LogP contribution in [0.5, 0.6) is 0 Å². The Bertz CT molecular complexity index is 376. The van der Waals surface area contributed by atoms with Gasteiger partial charge in [-0.2, -0.15) is 4.80 Å². The summed E-state index contributed by atoms with van der Waals surface area (Å²) in [7, 11) is 0. The van der Waals surface area contributed by atoms with Crippen molar-refractivity contribution in [3.05, 3.63) is 0 Å². The second-order valence-electron chi connectivity index (χ2n) is 3.20. The summed E-state index contributed by atoms with van der Waals surface area (Å²) in [5.74, 6) is 0.0470. The van der Waals surface area contributed by atoms with E-state index in [-0.39, 0.29) is 17.0 Å². The van der Waals surface area contributed by atoms with Gasteiger partial charge >= 0.3 is 0 Å². The lowest BCUT2D eigenvalue weighted by Gasteiger charge is -2.02. The number of rotatable bonds is 4. The smallest absolute Gasteiger partial charge is 0.269 e. The van der Waals surface area contributed by atoms with Gasteiger partial charge in [0.2, 0.25) is 5.91 Å². The van der Waals surface area contributed by atoms with Crippen LogP contribution in [0, 0.1) is 0 Å². The number of hydrogen-bond donors (Lipinski definition) is 2. The van der Waals surface area contributed by atoms with Crippen LogP contribution >= 0.6 is 12.2 Å². The zero-order chi connectivity index (χ0) is 12.0. The fraction of sp³-hybridized carbons (Fsp3) is 0.625. The van der Waals surface area contributed by atoms with Gasteiger partial charge in [0, 0.05) is 6.92 Å². The predicted molar refractivity (Wildman–Crippen MR) is 62.8 cm³/mol. The average molecular weight is 242 g/mol. The van der Waals surface area contributed by atoms with Crippen molar-refractivity contribution in [1.82, 2.24) is 25.5 Å². The molecule has 0 bridgehead atoms. The number of thiocarbonyl (C=S) groups is 1. The summed E-state index contributed by atoms with van der Waals surface area (Å²) in [4.78, 5) is 12.2. The number of unbranched alkanes of at least 4 members (excludes halogenated alkanes) is 1. The van der Waals surface area contributed by atoms with Gasteiger partial charge in [0.15, 0.2) is 5.11 Å². The van der Waals surface area contributed by atoms with Crippen molar-refractivity contribution in [1.29, 1.82) is 0 Å². The monoisotopic (exact) mass is 242 g/mol. The number of tetrazole rings is 1. The van der Waals surface area contributed by atoms with E-state index in [1.165, 1.54) is 11.7 Å².